The number of hydrogen-bond donors (Lipinski definition) is 0. The van der Waals surface area contributed by atoms with Crippen molar-refractivity contribution in [3.63, 3.8) is 0 Å². The van der Waals surface area contributed by atoms with Crippen LogP contribution in [0.25, 0.3) is 143 Å². The SMILES string of the molecule is CC1(C)c2cc3c(cc2-c2c1cc(-c1ccc4c5c(oc4c1)-c1ccccc1CC5)c1c2oc2ccccc21)C(C)(C)c1cc(-c2ccc4c(c2)oc2c5ccccc5ccc42)c2c(oc4ccccc42)c1-3. The van der Waals surface area contributed by atoms with Crippen LogP contribution in [0.3, 0.4) is 0 Å². The van der Waals surface area contributed by atoms with Gasteiger partial charge in [-0.1, -0.05) is 137 Å². The molecule has 17 rings (SSSR count). The molecule has 0 saturated carbocycles. The van der Waals surface area contributed by atoms with Crippen molar-refractivity contribution in [2.75, 3.05) is 0 Å². The third-order valence-corrected chi connectivity index (χ3v) is 17.4. The van der Waals surface area contributed by atoms with Gasteiger partial charge in [0.1, 0.15) is 44.8 Å². The zero-order valence-corrected chi connectivity index (χ0v) is 40.2. The van der Waals surface area contributed by atoms with Gasteiger partial charge in [-0.05, 0) is 140 Å². The topological polar surface area (TPSA) is 52.6 Å². The summed E-state index contributed by atoms with van der Waals surface area (Å²) < 4.78 is 27.8. The zero-order valence-electron chi connectivity index (χ0n) is 40.2. The lowest BCUT2D eigenvalue weighted by Gasteiger charge is -2.24. The summed E-state index contributed by atoms with van der Waals surface area (Å²) in [5, 5.41) is 10.3. The summed E-state index contributed by atoms with van der Waals surface area (Å²) in [7, 11) is 0. The van der Waals surface area contributed by atoms with Crippen molar-refractivity contribution in [3.05, 3.63) is 203 Å². The zero-order chi connectivity index (χ0) is 47.5. The molecule has 0 fully saturated rings. The first-order valence-electron chi connectivity index (χ1n) is 25.3. The standard InChI is InChI=1S/C68H44O4/c1-67(2)51-33-50-52(34-49(51)61-53(67)31-47(59-45-17-9-11-19-55(45)69-65(59)61)37-23-25-41-43-27-21-35-13-5-7-15-39(35)63(43)71-57(41)29-37)68(3,4)54-32-48(60-46-18-10-12-20-56(46)70-66(60)62(50)54)38-24-26-42-44-28-22-36-14-6-8-16-40(36)64(44)72-58(42)30-38/h5-21,23-27,29-34H,22,28H2,1-4H3. The first-order chi connectivity index (χ1) is 35.2. The van der Waals surface area contributed by atoms with Crippen LogP contribution in [-0.4, -0.2) is 0 Å². The Morgan fingerprint density at radius 2 is 0.861 bits per heavy atom. The van der Waals surface area contributed by atoms with Crippen LogP contribution in [0.4, 0.5) is 0 Å². The molecule has 0 N–H and O–H groups in total. The van der Waals surface area contributed by atoms with Crippen LogP contribution in [0.1, 0.15) is 61.1 Å². The van der Waals surface area contributed by atoms with Gasteiger partial charge in [-0.15, -0.1) is 0 Å². The predicted octanol–water partition coefficient (Wildman–Crippen LogP) is 19.0. The highest BCUT2D eigenvalue weighted by molar-refractivity contribution is 6.22. The van der Waals surface area contributed by atoms with Crippen LogP contribution in [-0.2, 0) is 23.7 Å². The molecular weight excluding hydrogens is 881 g/mol. The van der Waals surface area contributed by atoms with Gasteiger partial charge in [0.05, 0.1) is 0 Å². The Morgan fingerprint density at radius 3 is 1.51 bits per heavy atom. The van der Waals surface area contributed by atoms with Gasteiger partial charge in [0.2, 0.25) is 0 Å². The summed E-state index contributed by atoms with van der Waals surface area (Å²) in [6, 6.07) is 62.1. The van der Waals surface area contributed by atoms with E-state index >= 15 is 0 Å². The molecule has 10 aromatic carbocycles. The molecule has 0 aliphatic heterocycles. The van der Waals surface area contributed by atoms with Gasteiger partial charge in [-0.25, -0.2) is 0 Å². The maximum absolute atomic E-state index is 7.11. The largest absolute Gasteiger partial charge is 0.456 e. The molecule has 3 aliphatic rings. The van der Waals surface area contributed by atoms with E-state index in [0.717, 1.165) is 118 Å². The van der Waals surface area contributed by atoms with E-state index in [1.165, 1.54) is 72.0 Å². The maximum Gasteiger partial charge on any atom is 0.144 e. The lowest BCUT2D eigenvalue weighted by Crippen LogP contribution is -2.17. The number of para-hydroxylation sites is 2. The average Bonchev–Trinajstić information content (AvgIpc) is 4.25. The lowest BCUT2D eigenvalue weighted by molar-refractivity contribution is 0.621. The van der Waals surface area contributed by atoms with Gasteiger partial charge < -0.3 is 17.7 Å². The van der Waals surface area contributed by atoms with E-state index in [1.54, 1.807) is 0 Å². The molecule has 72 heavy (non-hydrogen) atoms. The van der Waals surface area contributed by atoms with Crippen LogP contribution < -0.4 is 0 Å². The highest BCUT2D eigenvalue weighted by Gasteiger charge is 2.45. The maximum atomic E-state index is 7.11. The molecule has 0 amide bonds. The number of fused-ring (bicyclic) bond motifs is 24. The second kappa shape index (κ2) is 13.2. The fourth-order valence-corrected chi connectivity index (χ4v) is 13.8. The third kappa shape index (κ3) is 4.83. The molecule has 0 saturated heterocycles. The van der Waals surface area contributed by atoms with E-state index in [0.29, 0.717) is 0 Å². The highest BCUT2D eigenvalue weighted by atomic mass is 16.3. The average molecular weight is 925 g/mol. The smallest absolute Gasteiger partial charge is 0.144 e. The number of rotatable bonds is 2. The Bertz CT molecular complexity index is 4810. The van der Waals surface area contributed by atoms with Gasteiger partial charge >= 0.3 is 0 Å². The first-order valence-corrected chi connectivity index (χ1v) is 25.3. The Balaban J connectivity index is 0.872. The molecular formula is C68H44O4. The van der Waals surface area contributed by atoms with Crippen molar-refractivity contribution < 1.29 is 17.7 Å². The summed E-state index contributed by atoms with van der Waals surface area (Å²) in [4.78, 5) is 0. The third-order valence-electron chi connectivity index (χ3n) is 17.4. The van der Waals surface area contributed by atoms with Crippen molar-refractivity contribution in [1.29, 1.82) is 0 Å². The number of aryl methyl sites for hydroxylation is 2. The molecule has 0 spiro atoms. The first kappa shape index (κ1) is 39.2. The fraction of sp³-hybridized carbons (Fsp3) is 0.118. The molecule has 0 unspecified atom stereocenters. The molecule has 4 heterocycles. The molecule has 4 nitrogen and oxygen atoms in total. The van der Waals surface area contributed by atoms with E-state index in [4.69, 9.17) is 17.7 Å². The minimum Gasteiger partial charge on any atom is -0.456 e. The van der Waals surface area contributed by atoms with Crippen molar-refractivity contribution in [1.82, 2.24) is 0 Å². The van der Waals surface area contributed by atoms with Crippen LogP contribution >= 0.6 is 0 Å². The lowest BCUT2D eigenvalue weighted by atomic mass is 9.78. The summed E-state index contributed by atoms with van der Waals surface area (Å²) >= 11 is 0. The number of hydrogen-bond acceptors (Lipinski definition) is 4. The Labute approximate surface area is 413 Å². The monoisotopic (exact) mass is 924 g/mol. The predicted molar refractivity (Wildman–Crippen MR) is 294 cm³/mol. The molecule has 4 aromatic heterocycles. The minimum absolute atomic E-state index is 0.355. The van der Waals surface area contributed by atoms with Gasteiger partial charge in [-0.2, -0.15) is 0 Å². The molecule has 14 aromatic rings. The Morgan fingerprint density at radius 1 is 0.347 bits per heavy atom. The molecule has 4 heteroatoms. The van der Waals surface area contributed by atoms with E-state index in [9.17, 15) is 0 Å². The minimum atomic E-state index is -0.359. The van der Waals surface area contributed by atoms with Gasteiger partial charge in [-0.3, -0.25) is 0 Å². The Kier molecular flexibility index (Phi) is 7.19. The van der Waals surface area contributed by atoms with Crippen LogP contribution in [0.15, 0.2) is 188 Å². The van der Waals surface area contributed by atoms with Crippen LogP contribution in [0.5, 0.6) is 0 Å². The Hall–Kier alpha value is -8.60. The quantitative estimate of drug-likeness (QED) is 0.173. The van der Waals surface area contributed by atoms with E-state index in [2.05, 4.69) is 198 Å². The van der Waals surface area contributed by atoms with Crippen LogP contribution in [0.2, 0.25) is 0 Å². The molecule has 0 radical (unpaired) electrons. The summed E-state index contributed by atoms with van der Waals surface area (Å²) in [6.07, 6.45) is 2.00. The van der Waals surface area contributed by atoms with Gasteiger partial charge in [0.25, 0.3) is 0 Å². The normalized spacial score (nSPS) is 15.1. The van der Waals surface area contributed by atoms with Gasteiger partial charge in [0.15, 0.2) is 0 Å². The summed E-state index contributed by atoms with van der Waals surface area (Å²) in [6.45, 7) is 9.55. The second-order valence-electron chi connectivity index (χ2n) is 21.7. The van der Waals surface area contributed by atoms with Crippen molar-refractivity contribution in [3.8, 4) is 55.8 Å². The number of benzene rings is 10. The van der Waals surface area contributed by atoms with Crippen LogP contribution in [0, 0.1) is 0 Å². The second-order valence-corrected chi connectivity index (χ2v) is 21.7. The number of furan rings is 4. The van der Waals surface area contributed by atoms with Crippen molar-refractivity contribution >= 4 is 87.6 Å². The van der Waals surface area contributed by atoms with Crippen molar-refractivity contribution in [2.45, 2.75) is 51.4 Å². The molecule has 0 atom stereocenters. The van der Waals surface area contributed by atoms with Crippen molar-refractivity contribution in [2.24, 2.45) is 0 Å². The molecule has 0 bridgehead atoms. The fourth-order valence-electron chi connectivity index (χ4n) is 13.8. The summed E-state index contributed by atoms with van der Waals surface area (Å²) in [5.41, 5.74) is 24.1. The van der Waals surface area contributed by atoms with Gasteiger partial charge in [0, 0.05) is 76.2 Å². The molecule has 340 valence electrons. The van der Waals surface area contributed by atoms with E-state index < -0.39 is 0 Å². The summed E-state index contributed by atoms with van der Waals surface area (Å²) in [5.74, 6) is 1.01. The molecule has 3 aliphatic carbocycles. The van der Waals surface area contributed by atoms with E-state index in [-0.39, 0.29) is 10.8 Å². The highest BCUT2D eigenvalue weighted by Crippen LogP contribution is 2.61. The van der Waals surface area contributed by atoms with E-state index in [1.807, 2.05) is 0 Å².